The van der Waals surface area contributed by atoms with Crippen molar-refractivity contribution >= 4 is 22.9 Å². The first-order valence-electron chi connectivity index (χ1n) is 9.40. The molecule has 0 spiro atoms. The molecule has 1 unspecified atom stereocenters. The lowest BCUT2D eigenvalue weighted by Crippen LogP contribution is -2.35. The molecule has 28 heavy (non-hydrogen) atoms. The van der Waals surface area contributed by atoms with Gasteiger partial charge in [-0.05, 0) is 46.4 Å². The van der Waals surface area contributed by atoms with Crippen molar-refractivity contribution in [3.05, 3.63) is 79.9 Å². The number of fused-ring (bicyclic) bond motifs is 1. The normalized spacial score (nSPS) is 20.5. The summed E-state index contributed by atoms with van der Waals surface area (Å²) in [5.41, 5.74) is 3.88. The van der Waals surface area contributed by atoms with Crippen molar-refractivity contribution < 1.29 is 4.79 Å². The van der Waals surface area contributed by atoms with Crippen molar-refractivity contribution in [2.75, 3.05) is 5.32 Å². The van der Waals surface area contributed by atoms with E-state index in [4.69, 9.17) is 0 Å². The molecule has 6 heteroatoms. The Morgan fingerprint density at radius 2 is 1.89 bits per heavy atom. The van der Waals surface area contributed by atoms with Crippen LogP contribution in [0, 0.1) is 5.41 Å². The summed E-state index contributed by atoms with van der Waals surface area (Å²) in [5, 5.41) is 10.7. The SMILES string of the molecule is CC1(C)CC(=O)C2=C(C1)Nc1[nH]n(-c3ccccc3)c(=O)c1C2c1ccsc1. The fraction of sp³-hybridized carbons (Fsp3) is 0.273. The van der Waals surface area contributed by atoms with Crippen molar-refractivity contribution in [2.45, 2.75) is 32.6 Å². The molecular formula is C22H21N3O2S. The van der Waals surface area contributed by atoms with Gasteiger partial charge in [-0.1, -0.05) is 32.0 Å². The number of nitrogens with one attached hydrogen (secondary N) is 2. The van der Waals surface area contributed by atoms with E-state index in [0.717, 1.165) is 28.9 Å². The second-order valence-electron chi connectivity index (χ2n) is 8.32. The summed E-state index contributed by atoms with van der Waals surface area (Å²) in [4.78, 5) is 26.5. The fourth-order valence-corrected chi connectivity index (χ4v) is 5.11. The number of allylic oxidation sites excluding steroid dienone is 2. The summed E-state index contributed by atoms with van der Waals surface area (Å²) < 4.78 is 1.56. The van der Waals surface area contributed by atoms with E-state index in [-0.39, 0.29) is 22.7 Å². The van der Waals surface area contributed by atoms with Crippen LogP contribution in [0.3, 0.4) is 0 Å². The third-order valence-corrected chi connectivity index (χ3v) is 6.29. The van der Waals surface area contributed by atoms with Gasteiger partial charge in [0.1, 0.15) is 5.82 Å². The molecule has 1 atom stereocenters. The maximum atomic E-state index is 13.4. The predicted molar refractivity (Wildman–Crippen MR) is 111 cm³/mol. The number of anilines is 1. The van der Waals surface area contributed by atoms with E-state index in [1.165, 1.54) is 0 Å². The molecule has 0 fully saturated rings. The molecule has 0 amide bonds. The second-order valence-corrected chi connectivity index (χ2v) is 9.10. The molecule has 1 aliphatic carbocycles. The zero-order chi connectivity index (χ0) is 19.5. The molecule has 0 saturated carbocycles. The van der Waals surface area contributed by atoms with Crippen molar-refractivity contribution in [1.29, 1.82) is 0 Å². The molecule has 2 aromatic heterocycles. The number of Topliss-reactive ketones (excluding diaryl/α,β-unsaturated/α-hetero) is 1. The van der Waals surface area contributed by atoms with Crippen LogP contribution in [-0.2, 0) is 4.79 Å². The average molecular weight is 391 g/mol. The number of hydrogen-bond acceptors (Lipinski definition) is 4. The lowest BCUT2D eigenvalue weighted by atomic mass is 9.69. The topological polar surface area (TPSA) is 66.9 Å². The summed E-state index contributed by atoms with van der Waals surface area (Å²) in [5.74, 6) is 0.497. The number of thiophene rings is 1. The monoisotopic (exact) mass is 391 g/mol. The summed E-state index contributed by atoms with van der Waals surface area (Å²) in [6, 6.07) is 11.5. The van der Waals surface area contributed by atoms with Crippen LogP contribution in [0.1, 0.15) is 43.7 Å². The Morgan fingerprint density at radius 1 is 1.11 bits per heavy atom. The van der Waals surface area contributed by atoms with E-state index >= 15 is 0 Å². The highest BCUT2D eigenvalue weighted by Crippen LogP contribution is 2.48. The Hall–Kier alpha value is -2.86. The van der Waals surface area contributed by atoms with Gasteiger partial charge in [-0.15, -0.1) is 0 Å². The molecule has 5 rings (SSSR count). The van der Waals surface area contributed by atoms with Gasteiger partial charge in [-0.2, -0.15) is 11.3 Å². The van der Waals surface area contributed by atoms with Crippen LogP contribution in [0.25, 0.3) is 5.69 Å². The Labute approximate surface area is 166 Å². The Morgan fingerprint density at radius 3 is 2.61 bits per heavy atom. The van der Waals surface area contributed by atoms with E-state index in [1.54, 1.807) is 16.0 Å². The highest BCUT2D eigenvalue weighted by Gasteiger charge is 2.43. The van der Waals surface area contributed by atoms with Gasteiger partial charge in [0, 0.05) is 23.6 Å². The first-order valence-corrected chi connectivity index (χ1v) is 10.3. The molecule has 3 heterocycles. The number of carbonyl (C=O) groups is 1. The number of nitrogens with zero attached hydrogens (tertiary/aromatic N) is 1. The summed E-state index contributed by atoms with van der Waals surface area (Å²) >= 11 is 1.58. The highest BCUT2D eigenvalue weighted by molar-refractivity contribution is 7.08. The van der Waals surface area contributed by atoms with Crippen molar-refractivity contribution in [3.63, 3.8) is 0 Å². The lowest BCUT2D eigenvalue weighted by molar-refractivity contribution is -0.118. The minimum Gasteiger partial charge on any atom is -0.343 e. The zero-order valence-corrected chi connectivity index (χ0v) is 16.6. The number of aromatic amines is 1. The van der Waals surface area contributed by atoms with Gasteiger partial charge in [0.25, 0.3) is 5.56 Å². The molecule has 0 bridgehead atoms. The third-order valence-electron chi connectivity index (χ3n) is 5.59. The van der Waals surface area contributed by atoms with Crippen LogP contribution in [0.5, 0.6) is 0 Å². The van der Waals surface area contributed by atoms with Crippen LogP contribution in [0.2, 0.25) is 0 Å². The molecule has 2 N–H and O–H groups in total. The number of rotatable bonds is 2. The van der Waals surface area contributed by atoms with E-state index in [1.807, 2.05) is 47.2 Å². The molecular weight excluding hydrogens is 370 g/mol. The van der Waals surface area contributed by atoms with Crippen LogP contribution in [0.15, 0.2) is 63.2 Å². The molecule has 142 valence electrons. The van der Waals surface area contributed by atoms with Gasteiger partial charge < -0.3 is 5.32 Å². The fourth-order valence-electron chi connectivity index (χ4n) is 4.42. The highest BCUT2D eigenvalue weighted by atomic mass is 32.1. The van der Waals surface area contributed by atoms with E-state index in [9.17, 15) is 9.59 Å². The number of H-pyrrole nitrogens is 1. The first-order chi connectivity index (χ1) is 13.4. The van der Waals surface area contributed by atoms with Crippen LogP contribution < -0.4 is 10.9 Å². The maximum Gasteiger partial charge on any atom is 0.277 e. The minimum atomic E-state index is -0.324. The van der Waals surface area contributed by atoms with Crippen molar-refractivity contribution in [3.8, 4) is 5.69 Å². The van der Waals surface area contributed by atoms with Crippen LogP contribution in [0.4, 0.5) is 5.82 Å². The van der Waals surface area contributed by atoms with E-state index < -0.39 is 0 Å². The quantitative estimate of drug-likeness (QED) is 0.679. The number of benzene rings is 1. The lowest BCUT2D eigenvalue weighted by Gasteiger charge is -2.37. The maximum absolute atomic E-state index is 13.4. The standard InChI is InChI=1S/C22H21N3O2S/c1-22(2)10-15-18(16(26)11-22)17(13-8-9-28-12-13)19-20(23-15)24-25(21(19)27)14-6-4-3-5-7-14/h3-9,12,17,23-24H,10-11H2,1-2H3. The summed E-state index contributed by atoms with van der Waals surface area (Å²) in [6.07, 6.45) is 1.29. The van der Waals surface area contributed by atoms with Gasteiger partial charge in [-0.3, -0.25) is 14.7 Å². The predicted octanol–water partition coefficient (Wildman–Crippen LogP) is 4.43. The number of hydrogen-bond donors (Lipinski definition) is 2. The van der Waals surface area contributed by atoms with Crippen LogP contribution in [-0.4, -0.2) is 15.6 Å². The molecule has 5 nitrogen and oxygen atoms in total. The van der Waals surface area contributed by atoms with Crippen molar-refractivity contribution in [1.82, 2.24) is 9.78 Å². The van der Waals surface area contributed by atoms with Gasteiger partial charge in [0.2, 0.25) is 0 Å². The summed E-state index contributed by atoms with van der Waals surface area (Å²) in [6.45, 7) is 4.23. The number of carbonyl (C=O) groups excluding carboxylic acids is 1. The Kier molecular flexibility index (Phi) is 3.74. The molecule has 1 aromatic carbocycles. The zero-order valence-electron chi connectivity index (χ0n) is 15.8. The van der Waals surface area contributed by atoms with Gasteiger partial charge >= 0.3 is 0 Å². The Bertz CT molecular complexity index is 1150. The number of ketones is 1. The molecule has 0 saturated heterocycles. The minimum absolute atomic E-state index is 0.0953. The molecule has 1 aliphatic heterocycles. The number of aromatic nitrogens is 2. The molecule has 3 aromatic rings. The van der Waals surface area contributed by atoms with Gasteiger partial charge in [0.15, 0.2) is 5.78 Å². The molecule has 0 radical (unpaired) electrons. The smallest absolute Gasteiger partial charge is 0.277 e. The second kappa shape index (κ2) is 6.07. The largest absolute Gasteiger partial charge is 0.343 e. The van der Waals surface area contributed by atoms with Gasteiger partial charge in [-0.25, -0.2) is 4.68 Å². The van der Waals surface area contributed by atoms with E-state index in [2.05, 4.69) is 24.3 Å². The van der Waals surface area contributed by atoms with E-state index in [0.29, 0.717) is 17.8 Å². The average Bonchev–Trinajstić information content (AvgIpc) is 3.28. The first kappa shape index (κ1) is 17.3. The number of para-hydroxylation sites is 1. The summed E-state index contributed by atoms with van der Waals surface area (Å²) in [7, 11) is 0. The Balaban J connectivity index is 1.74. The van der Waals surface area contributed by atoms with Gasteiger partial charge in [0.05, 0.1) is 11.3 Å². The van der Waals surface area contributed by atoms with Crippen molar-refractivity contribution in [2.24, 2.45) is 5.41 Å². The van der Waals surface area contributed by atoms with Crippen LogP contribution >= 0.6 is 11.3 Å². The third kappa shape index (κ3) is 2.59. The molecule has 2 aliphatic rings.